The zero-order valence-corrected chi connectivity index (χ0v) is 15.4. The Morgan fingerprint density at radius 3 is 2.46 bits per heavy atom. The first-order valence-corrected chi connectivity index (χ1v) is 10.3. The fourth-order valence-corrected chi connectivity index (χ4v) is 6.20. The number of rotatable bonds is 1. The standard InChI is InChI=1S/C19H25Cl2N3/c20-18-22-17(23-19(21)24-18)14-9-7-12-5-4-10-2-1-3-11-6-8-13(14)16(12)15(10)11/h9,11-12,17-19,22-24H,1-8H2. The van der Waals surface area contributed by atoms with Crippen LogP contribution in [0.25, 0.3) is 0 Å². The van der Waals surface area contributed by atoms with Gasteiger partial charge in [-0.3, -0.25) is 16.0 Å². The molecule has 0 bridgehead atoms. The van der Waals surface area contributed by atoms with Gasteiger partial charge in [0.15, 0.2) is 0 Å². The van der Waals surface area contributed by atoms with Crippen molar-refractivity contribution in [1.82, 2.24) is 16.0 Å². The van der Waals surface area contributed by atoms with E-state index in [2.05, 4.69) is 22.0 Å². The third kappa shape index (κ3) is 2.52. The third-order valence-electron chi connectivity index (χ3n) is 6.58. The fourth-order valence-electron chi connectivity index (χ4n) is 5.63. The van der Waals surface area contributed by atoms with Crippen LogP contribution in [0.5, 0.6) is 0 Å². The van der Waals surface area contributed by atoms with Gasteiger partial charge in [0.05, 0.1) is 6.17 Å². The molecule has 3 nitrogen and oxygen atoms in total. The van der Waals surface area contributed by atoms with Crippen LogP contribution >= 0.6 is 23.2 Å². The third-order valence-corrected chi connectivity index (χ3v) is 7.09. The Morgan fingerprint density at radius 2 is 1.62 bits per heavy atom. The van der Waals surface area contributed by atoms with Crippen molar-refractivity contribution in [3.05, 3.63) is 33.9 Å². The Hall–Kier alpha value is -0.320. The molecule has 4 unspecified atom stereocenters. The first kappa shape index (κ1) is 15.9. The number of halogens is 2. The predicted octanol–water partition coefficient (Wildman–Crippen LogP) is 4.07. The summed E-state index contributed by atoms with van der Waals surface area (Å²) >= 11 is 12.6. The van der Waals surface area contributed by atoms with Gasteiger partial charge in [0.2, 0.25) is 0 Å². The van der Waals surface area contributed by atoms with Gasteiger partial charge >= 0.3 is 0 Å². The number of hydrogen-bond donors (Lipinski definition) is 3. The van der Waals surface area contributed by atoms with Crippen LogP contribution in [0, 0.1) is 11.8 Å². The molecule has 0 amide bonds. The summed E-state index contributed by atoms with van der Waals surface area (Å²) in [5.74, 6) is 1.59. The molecule has 4 aliphatic carbocycles. The summed E-state index contributed by atoms with van der Waals surface area (Å²) < 4.78 is 0. The van der Waals surface area contributed by atoms with Gasteiger partial charge in [-0.1, -0.05) is 34.9 Å². The van der Waals surface area contributed by atoms with E-state index in [0.717, 1.165) is 11.8 Å². The maximum absolute atomic E-state index is 6.28. The first-order valence-electron chi connectivity index (χ1n) is 9.43. The van der Waals surface area contributed by atoms with Crippen LogP contribution in [0.3, 0.4) is 0 Å². The van der Waals surface area contributed by atoms with E-state index in [0.29, 0.717) is 0 Å². The highest BCUT2D eigenvalue weighted by Gasteiger charge is 2.41. The van der Waals surface area contributed by atoms with Gasteiger partial charge in [-0.05, 0) is 85.5 Å². The summed E-state index contributed by atoms with van der Waals surface area (Å²) in [7, 11) is 0. The Bertz CT molecular complexity index is 641. The van der Waals surface area contributed by atoms with Gasteiger partial charge in [-0.25, -0.2) is 0 Å². The van der Waals surface area contributed by atoms with E-state index in [1.807, 2.05) is 0 Å². The average molecular weight is 366 g/mol. The zero-order chi connectivity index (χ0) is 16.3. The van der Waals surface area contributed by atoms with Gasteiger partial charge in [0.25, 0.3) is 0 Å². The van der Waals surface area contributed by atoms with Crippen LogP contribution in [0.1, 0.15) is 51.4 Å². The van der Waals surface area contributed by atoms with Crippen LogP contribution in [0.4, 0.5) is 0 Å². The lowest BCUT2D eigenvalue weighted by atomic mass is 9.61. The van der Waals surface area contributed by atoms with Gasteiger partial charge in [-0.2, -0.15) is 0 Å². The number of allylic oxidation sites excluding steroid dienone is 4. The minimum Gasteiger partial charge on any atom is -0.270 e. The molecule has 5 heteroatoms. The molecule has 0 aromatic carbocycles. The number of alkyl halides is 2. The van der Waals surface area contributed by atoms with E-state index in [1.54, 1.807) is 22.3 Å². The van der Waals surface area contributed by atoms with E-state index in [9.17, 15) is 0 Å². The molecule has 0 radical (unpaired) electrons. The molecule has 1 heterocycles. The minimum absolute atomic E-state index is 0.0471. The van der Waals surface area contributed by atoms with Crippen molar-refractivity contribution in [2.75, 3.05) is 0 Å². The molecule has 0 saturated carbocycles. The Labute approximate surface area is 153 Å². The second-order valence-electron chi connectivity index (χ2n) is 7.83. The Balaban J connectivity index is 1.56. The van der Waals surface area contributed by atoms with Gasteiger partial charge in [-0.15, -0.1) is 0 Å². The van der Waals surface area contributed by atoms with E-state index in [-0.39, 0.29) is 17.4 Å². The van der Waals surface area contributed by atoms with Crippen molar-refractivity contribution in [2.45, 2.75) is 68.8 Å². The van der Waals surface area contributed by atoms with Crippen molar-refractivity contribution in [3.63, 3.8) is 0 Å². The predicted molar refractivity (Wildman–Crippen MR) is 98.5 cm³/mol. The van der Waals surface area contributed by atoms with Gasteiger partial charge < -0.3 is 0 Å². The summed E-state index contributed by atoms with van der Waals surface area (Å²) in [5.41, 5.74) is 7.69. The molecule has 130 valence electrons. The lowest BCUT2D eigenvalue weighted by molar-refractivity contribution is 0.314. The molecule has 1 aliphatic heterocycles. The van der Waals surface area contributed by atoms with Crippen LogP contribution in [-0.4, -0.2) is 17.4 Å². The molecule has 0 aromatic heterocycles. The van der Waals surface area contributed by atoms with E-state index in [1.165, 1.54) is 56.9 Å². The Morgan fingerprint density at radius 1 is 0.833 bits per heavy atom. The lowest BCUT2D eigenvalue weighted by Gasteiger charge is -2.46. The molecular formula is C19H25Cl2N3. The van der Waals surface area contributed by atoms with Crippen molar-refractivity contribution in [2.24, 2.45) is 11.8 Å². The SMILES string of the molecule is ClC1NC(Cl)NC(C2=CCC3CCC4=C5C3=C2CCC5CCC4)N1. The highest BCUT2D eigenvalue weighted by atomic mass is 35.5. The quantitative estimate of drug-likeness (QED) is 0.484. The molecule has 3 N–H and O–H groups in total. The Kier molecular flexibility index (Phi) is 4.06. The fraction of sp³-hybridized carbons (Fsp3) is 0.684. The smallest absolute Gasteiger partial charge is 0.138 e. The van der Waals surface area contributed by atoms with E-state index in [4.69, 9.17) is 23.2 Å². The zero-order valence-electron chi connectivity index (χ0n) is 13.9. The highest BCUT2D eigenvalue weighted by Crippen LogP contribution is 2.54. The molecule has 0 aromatic rings. The molecule has 5 aliphatic rings. The maximum Gasteiger partial charge on any atom is 0.138 e. The van der Waals surface area contributed by atoms with Crippen LogP contribution in [0.15, 0.2) is 33.9 Å². The second-order valence-corrected chi connectivity index (χ2v) is 8.70. The molecule has 5 rings (SSSR count). The van der Waals surface area contributed by atoms with Crippen LogP contribution in [-0.2, 0) is 0 Å². The molecular weight excluding hydrogens is 341 g/mol. The molecule has 1 fully saturated rings. The van der Waals surface area contributed by atoms with Crippen molar-refractivity contribution in [1.29, 1.82) is 0 Å². The van der Waals surface area contributed by atoms with Crippen molar-refractivity contribution >= 4 is 23.2 Å². The summed E-state index contributed by atoms with van der Waals surface area (Å²) in [4.78, 5) is 0. The average Bonchev–Trinajstić information content (AvgIpc) is 2.58. The van der Waals surface area contributed by atoms with Crippen molar-refractivity contribution < 1.29 is 0 Å². The first-order chi connectivity index (χ1) is 11.7. The summed E-state index contributed by atoms with van der Waals surface area (Å²) in [6.07, 6.45) is 13.0. The highest BCUT2D eigenvalue weighted by molar-refractivity contribution is 6.23. The van der Waals surface area contributed by atoms with Crippen LogP contribution < -0.4 is 16.0 Å². The largest absolute Gasteiger partial charge is 0.270 e. The maximum atomic E-state index is 6.28. The van der Waals surface area contributed by atoms with E-state index >= 15 is 0 Å². The molecule has 24 heavy (non-hydrogen) atoms. The normalized spacial score (nSPS) is 41.9. The van der Waals surface area contributed by atoms with Crippen LogP contribution in [0.2, 0.25) is 0 Å². The van der Waals surface area contributed by atoms with Gasteiger partial charge in [0, 0.05) is 0 Å². The summed E-state index contributed by atoms with van der Waals surface area (Å²) in [5, 5.41) is 9.86. The lowest BCUT2D eigenvalue weighted by Crippen LogP contribution is -2.64. The number of hydrogen-bond acceptors (Lipinski definition) is 3. The van der Waals surface area contributed by atoms with Crippen molar-refractivity contribution in [3.8, 4) is 0 Å². The molecule has 0 spiro atoms. The molecule has 1 saturated heterocycles. The topological polar surface area (TPSA) is 36.1 Å². The summed E-state index contributed by atoms with van der Waals surface area (Å²) in [6, 6.07) is 0. The molecule has 4 atom stereocenters. The number of nitrogens with one attached hydrogen (secondary N) is 3. The second kappa shape index (κ2) is 6.14. The monoisotopic (exact) mass is 365 g/mol. The van der Waals surface area contributed by atoms with E-state index < -0.39 is 0 Å². The van der Waals surface area contributed by atoms with Gasteiger partial charge in [0.1, 0.15) is 11.2 Å². The minimum atomic E-state index is -0.296. The summed E-state index contributed by atoms with van der Waals surface area (Å²) in [6.45, 7) is 0.